The van der Waals surface area contributed by atoms with E-state index in [0.717, 1.165) is 16.7 Å². The lowest BCUT2D eigenvalue weighted by atomic mass is 9.77. The number of rotatable bonds is 4. The molecule has 3 nitrogen and oxygen atoms in total. The van der Waals surface area contributed by atoms with Gasteiger partial charge >= 0.3 is 0 Å². The molecule has 4 aromatic rings. The van der Waals surface area contributed by atoms with E-state index < -0.39 is 5.54 Å². The normalized spacial score (nSPS) is 11.4. The molecule has 0 amide bonds. The average molecular weight is 390 g/mol. The van der Waals surface area contributed by atoms with Crippen molar-refractivity contribution in [2.45, 2.75) is 5.54 Å². The summed E-state index contributed by atoms with van der Waals surface area (Å²) in [4.78, 5) is 0. The fourth-order valence-electron chi connectivity index (χ4n) is 3.40. The largest absolute Gasteiger partial charge is 0.289 e. The van der Waals surface area contributed by atoms with E-state index in [1.807, 2.05) is 18.2 Å². The summed E-state index contributed by atoms with van der Waals surface area (Å²) in [6, 6.07) is 31.4. The van der Waals surface area contributed by atoms with Gasteiger partial charge < -0.3 is 0 Å². The van der Waals surface area contributed by atoms with Crippen LogP contribution in [0.4, 0.5) is 0 Å². The van der Waals surface area contributed by atoms with Gasteiger partial charge in [0, 0.05) is 0 Å². The van der Waals surface area contributed by atoms with Crippen LogP contribution in [-0.4, -0.2) is 14.8 Å². The molecule has 0 spiro atoms. The minimum absolute atomic E-state index is 0.563. The topological polar surface area (TPSA) is 30.7 Å². The first kappa shape index (κ1) is 15.8. The predicted octanol–water partition coefficient (Wildman–Crippen LogP) is 4.88. The molecule has 0 aliphatic heterocycles. The summed E-state index contributed by atoms with van der Waals surface area (Å²) in [6.07, 6.45) is 1.77. The second-order valence-corrected chi connectivity index (χ2v) is 6.49. The number of hydrogen-bond acceptors (Lipinski definition) is 2. The van der Waals surface area contributed by atoms with E-state index in [2.05, 4.69) is 103 Å². The highest BCUT2D eigenvalue weighted by Gasteiger charge is 2.39. The molecule has 0 atom stereocenters. The molecule has 0 radical (unpaired) electrons. The van der Waals surface area contributed by atoms with Crippen LogP contribution in [0, 0.1) is 0 Å². The van der Waals surface area contributed by atoms with Crippen molar-refractivity contribution in [1.82, 2.24) is 14.8 Å². The Morgan fingerprint density at radius 2 is 1.04 bits per heavy atom. The lowest BCUT2D eigenvalue weighted by Gasteiger charge is -2.37. The molecule has 0 saturated heterocycles. The zero-order valence-corrected chi connectivity index (χ0v) is 15.0. The van der Waals surface area contributed by atoms with Crippen LogP contribution in [0.3, 0.4) is 0 Å². The molecule has 0 saturated carbocycles. The van der Waals surface area contributed by atoms with Crippen LogP contribution in [0.2, 0.25) is 0 Å². The molecule has 0 unspecified atom stereocenters. The van der Waals surface area contributed by atoms with Gasteiger partial charge in [-0.25, -0.2) is 0 Å². The first-order valence-electron chi connectivity index (χ1n) is 8.06. The first-order chi connectivity index (χ1) is 12.3. The first-order valence-corrected chi connectivity index (χ1v) is 8.85. The van der Waals surface area contributed by atoms with E-state index in [4.69, 9.17) is 0 Å². The van der Waals surface area contributed by atoms with Gasteiger partial charge in [-0.15, -0.1) is 10.2 Å². The molecule has 0 aliphatic carbocycles. The van der Waals surface area contributed by atoms with Gasteiger partial charge in [0.05, 0.1) is 0 Å². The molecule has 1 aromatic heterocycles. The molecule has 122 valence electrons. The van der Waals surface area contributed by atoms with Gasteiger partial charge in [-0.3, -0.25) is 4.57 Å². The maximum absolute atomic E-state index is 4.19. The summed E-state index contributed by atoms with van der Waals surface area (Å²) in [6.45, 7) is 0. The molecule has 1 heterocycles. The highest BCUT2D eigenvalue weighted by Crippen LogP contribution is 2.41. The van der Waals surface area contributed by atoms with Crippen LogP contribution in [0.25, 0.3) is 0 Å². The fraction of sp³-hybridized carbons (Fsp3) is 0.0476. The zero-order valence-electron chi connectivity index (χ0n) is 13.5. The van der Waals surface area contributed by atoms with Crippen molar-refractivity contribution in [3.8, 4) is 0 Å². The fourth-order valence-corrected chi connectivity index (χ4v) is 3.85. The Bertz CT molecular complexity index is 853. The summed E-state index contributed by atoms with van der Waals surface area (Å²) in [5, 5.41) is 8.32. The number of halogens is 1. The highest BCUT2D eigenvalue weighted by atomic mass is 79.9. The van der Waals surface area contributed by atoms with Gasteiger partial charge in [-0.1, -0.05) is 91.0 Å². The Kier molecular flexibility index (Phi) is 4.20. The summed E-state index contributed by atoms with van der Waals surface area (Å²) < 4.78 is 2.76. The maximum atomic E-state index is 4.19. The molecule has 0 N–H and O–H groups in total. The van der Waals surface area contributed by atoms with Crippen molar-refractivity contribution in [1.29, 1.82) is 0 Å². The number of hydrogen-bond donors (Lipinski definition) is 0. The van der Waals surface area contributed by atoms with Gasteiger partial charge in [-0.05, 0) is 32.6 Å². The van der Waals surface area contributed by atoms with Crippen molar-refractivity contribution < 1.29 is 0 Å². The van der Waals surface area contributed by atoms with Crippen molar-refractivity contribution in [3.63, 3.8) is 0 Å². The SMILES string of the molecule is Brc1nncn1C(c1ccccc1)(c1ccccc1)c1ccccc1. The molecule has 4 rings (SSSR count). The lowest BCUT2D eigenvalue weighted by Crippen LogP contribution is -2.37. The second kappa shape index (κ2) is 6.65. The van der Waals surface area contributed by atoms with Gasteiger partial charge in [0.1, 0.15) is 11.9 Å². The molecular formula is C21H16BrN3. The van der Waals surface area contributed by atoms with E-state index in [1.54, 1.807) is 6.33 Å². The van der Waals surface area contributed by atoms with Crippen LogP contribution >= 0.6 is 15.9 Å². The van der Waals surface area contributed by atoms with Crippen molar-refractivity contribution in [3.05, 3.63) is 119 Å². The Morgan fingerprint density at radius 3 is 1.36 bits per heavy atom. The van der Waals surface area contributed by atoms with E-state index in [9.17, 15) is 0 Å². The molecule has 4 heteroatoms. The third-order valence-corrected chi connectivity index (χ3v) is 4.98. The second-order valence-electron chi connectivity index (χ2n) is 5.78. The molecule has 0 fully saturated rings. The van der Waals surface area contributed by atoms with Crippen LogP contribution in [0.5, 0.6) is 0 Å². The van der Waals surface area contributed by atoms with Gasteiger partial charge in [0.2, 0.25) is 4.73 Å². The average Bonchev–Trinajstić information content (AvgIpc) is 3.12. The van der Waals surface area contributed by atoms with Crippen molar-refractivity contribution >= 4 is 15.9 Å². The molecule has 0 aliphatic rings. The smallest absolute Gasteiger partial charge is 0.201 e. The summed E-state index contributed by atoms with van der Waals surface area (Å²) >= 11 is 3.58. The molecular weight excluding hydrogens is 374 g/mol. The minimum atomic E-state index is -0.563. The van der Waals surface area contributed by atoms with Gasteiger partial charge in [-0.2, -0.15) is 0 Å². The van der Waals surface area contributed by atoms with E-state index in [-0.39, 0.29) is 0 Å². The van der Waals surface area contributed by atoms with Crippen LogP contribution < -0.4 is 0 Å². The Hall–Kier alpha value is -2.72. The lowest BCUT2D eigenvalue weighted by molar-refractivity contribution is 0.503. The highest BCUT2D eigenvalue weighted by molar-refractivity contribution is 9.10. The van der Waals surface area contributed by atoms with E-state index in [0.29, 0.717) is 4.73 Å². The third kappa shape index (κ3) is 2.59. The van der Waals surface area contributed by atoms with Gasteiger partial charge in [0.25, 0.3) is 0 Å². The number of aromatic nitrogens is 3. The Morgan fingerprint density at radius 1 is 0.640 bits per heavy atom. The number of benzene rings is 3. The minimum Gasteiger partial charge on any atom is -0.289 e. The summed E-state index contributed by atoms with van der Waals surface area (Å²) in [5.74, 6) is 0. The quantitative estimate of drug-likeness (QED) is 0.465. The van der Waals surface area contributed by atoms with Crippen molar-refractivity contribution in [2.75, 3.05) is 0 Å². The standard InChI is InChI=1S/C21H16BrN3/c22-20-24-23-16-25(20)21(17-10-4-1-5-11-17,18-12-6-2-7-13-18)19-14-8-3-9-15-19/h1-16H. The van der Waals surface area contributed by atoms with Crippen LogP contribution in [-0.2, 0) is 5.54 Å². The molecule has 25 heavy (non-hydrogen) atoms. The third-order valence-electron chi connectivity index (χ3n) is 4.44. The van der Waals surface area contributed by atoms with E-state index >= 15 is 0 Å². The summed E-state index contributed by atoms with van der Waals surface area (Å²) in [5.41, 5.74) is 2.88. The Balaban J connectivity index is 2.15. The summed E-state index contributed by atoms with van der Waals surface area (Å²) in [7, 11) is 0. The molecule has 0 bridgehead atoms. The van der Waals surface area contributed by atoms with Crippen LogP contribution in [0.1, 0.15) is 16.7 Å². The zero-order chi connectivity index (χ0) is 17.1. The van der Waals surface area contributed by atoms with E-state index in [1.165, 1.54) is 0 Å². The Labute approximate surface area is 155 Å². The maximum Gasteiger partial charge on any atom is 0.201 e. The molecule has 3 aromatic carbocycles. The van der Waals surface area contributed by atoms with Gasteiger partial charge in [0.15, 0.2) is 0 Å². The van der Waals surface area contributed by atoms with Crippen molar-refractivity contribution in [2.24, 2.45) is 0 Å². The number of nitrogens with zero attached hydrogens (tertiary/aromatic N) is 3. The predicted molar refractivity (Wildman–Crippen MR) is 102 cm³/mol. The van der Waals surface area contributed by atoms with Crippen LogP contribution in [0.15, 0.2) is 102 Å². The monoisotopic (exact) mass is 389 g/mol.